The fourth-order valence-corrected chi connectivity index (χ4v) is 5.77. The first-order valence-electron chi connectivity index (χ1n) is 11.1. The highest BCUT2D eigenvalue weighted by Crippen LogP contribution is 2.38. The van der Waals surface area contributed by atoms with E-state index in [-0.39, 0.29) is 10.6 Å². The SMILES string of the molecule is CP(C)(=O)c1ccccc1N.Cc1cnc(Cl)nc1Nc1ccccc1P(C)(C)=O.Clc1ccnc(Cl)n1. The van der Waals surface area contributed by atoms with Crippen LogP contribution in [0.5, 0.6) is 0 Å². The molecular weight excluding hydrogens is 585 g/mol. The van der Waals surface area contributed by atoms with Crippen LogP contribution in [0.2, 0.25) is 15.7 Å². The molecule has 0 bridgehead atoms. The number of para-hydroxylation sites is 2. The van der Waals surface area contributed by atoms with Crippen molar-refractivity contribution in [2.24, 2.45) is 0 Å². The number of hydrogen-bond donors (Lipinski definition) is 2. The van der Waals surface area contributed by atoms with E-state index in [4.69, 9.17) is 40.5 Å². The number of halogens is 3. The Morgan fingerprint density at radius 1 is 0.763 bits per heavy atom. The smallest absolute Gasteiger partial charge is 0.224 e. The third kappa shape index (κ3) is 10.4. The maximum atomic E-state index is 12.3. The second-order valence-electron chi connectivity index (χ2n) is 8.72. The third-order valence-corrected chi connectivity index (χ3v) is 8.48. The van der Waals surface area contributed by atoms with Gasteiger partial charge in [-0.15, -0.1) is 0 Å². The van der Waals surface area contributed by atoms with Gasteiger partial charge in [-0.1, -0.05) is 35.9 Å². The number of aryl methyl sites for hydroxylation is 1. The van der Waals surface area contributed by atoms with Crippen molar-refractivity contribution < 1.29 is 9.13 Å². The Balaban J connectivity index is 0.000000224. The average molecular weight is 614 g/mol. The zero-order valence-corrected chi connectivity index (χ0v) is 25.6. The van der Waals surface area contributed by atoms with Crippen LogP contribution in [0.15, 0.2) is 67.0 Å². The summed E-state index contributed by atoms with van der Waals surface area (Å²) >= 11 is 16.5. The van der Waals surface area contributed by atoms with Gasteiger partial charge in [0.15, 0.2) is 0 Å². The van der Waals surface area contributed by atoms with Crippen molar-refractivity contribution >= 4 is 76.9 Å². The molecule has 0 aliphatic heterocycles. The molecule has 8 nitrogen and oxygen atoms in total. The summed E-state index contributed by atoms with van der Waals surface area (Å²) in [7, 11) is -4.54. The van der Waals surface area contributed by atoms with Gasteiger partial charge < -0.3 is 20.2 Å². The lowest BCUT2D eigenvalue weighted by Gasteiger charge is -2.15. The van der Waals surface area contributed by atoms with Crippen LogP contribution in [0.3, 0.4) is 0 Å². The molecule has 2 aromatic carbocycles. The van der Waals surface area contributed by atoms with Crippen LogP contribution in [0.4, 0.5) is 17.2 Å². The summed E-state index contributed by atoms with van der Waals surface area (Å²) in [5.41, 5.74) is 7.92. The minimum absolute atomic E-state index is 0.178. The van der Waals surface area contributed by atoms with E-state index in [9.17, 15) is 9.13 Å². The molecule has 3 N–H and O–H groups in total. The van der Waals surface area contributed by atoms with Crippen LogP contribution < -0.4 is 21.7 Å². The van der Waals surface area contributed by atoms with Gasteiger partial charge in [0, 0.05) is 34.3 Å². The van der Waals surface area contributed by atoms with E-state index in [2.05, 4.69) is 25.3 Å². The summed E-state index contributed by atoms with van der Waals surface area (Å²) in [5, 5.41) is 5.48. The Labute approximate surface area is 238 Å². The van der Waals surface area contributed by atoms with Gasteiger partial charge in [0.05, 0.1) is 5.69 Å². The van der Waals surface area contributed by atoms with Gasteiger partial charge in [-0.2, -0.15) is 0 Å². The number of nitrogen functional groups attached to an aromatic ring is 1. The molecule has 202 valence electrons. The average Bonchev–Trinajstić information content (AvgIpc) is 2.81. The van der Waals surface area contributed by atoms with Crippen molar-refractivity contribution in [1.82, 2.24) is 19.9 Å². The molecule has 0 atom stereocenters. The van der Waals surface area contributed by atoms with Crippen molar-refractivity contribution in [2.45, 2.75) is 6.92 Å². The van der Waals surface area contributed by atoms with Crippen molar-refractivity contribution in [3.05, 3.63) is 88.3 Å². The topological polar surface area (TPSA) is 124 Å². The van der Waals surface area contributed by atoms with Crippen LogP contribution >= 0.6 is 49.1 Å². The molecule has 0 unspecified atom stereocenters. The van der Waals surface area contributed by atoms with Crippen molar-refractivity contribution in [3.8, 4) is 0 Å². The fraction of sp³-hybridized carbons (Fsp3) is 0.200. The Morgan fingerprint density at radius 2 is 1.32 bits per heavy atom. The maximum Gasteiger partial charge on any atom is 0.224 e. The first kappa shape index (κ1) is 31.7. The molecule has 38 heavy (non-hydrogen) atoms. The highest BCUT2D eigenvalue weighted by atomic mass is 35.5. The molecule has 4 rings (SSSR count). The number of nitrogens with zero attached hydrogens (tertiary/aromatic N) is 4. The van der Waals surface area contributed by atoms with E-state index in [1.807, 2.05) is 49.4 Å². The van der Waals surface area contributed by atoms with Crippen LogP contribution in [0, 0.1) is 6.92 Å². The largest absolute Gasteiger partial charge is 0.398 e. The first-order chi connectivity index (χ1) is 17.7. The van der Waals surface area contributed by atoms with Gasteiger partial charge in [-0.25, -0.2) is 19.9 Å². The van der Waals surface area contributed by atoms with E-state index in [1.54, 1.807) is 45.0 Å². The Hall–Kier alpha value is -2.47. The quantitative estimate of drug-likeness (QED) is 0.112. The van der Waals surface area contributed by atoms with E-state index in [0.29, 0.717) is 16.7 Å². The highest BCUT2D eigenvalue weighted by molar-refractivity contribution is 7.70. The van der Waals surface area contributed by atoms with Gasteiger partial charge in [0.1, 0.15) is 25.3 Å². The summed E-state index contributed by atoms with van der Waals surface area (Å²) in [5.74, 6) is 0.626. The van der Waals surface area contributed by atoms with Crippen LogP contribution in [-0.2, 0) is 9.13 Å². The molecular formula is C25H29Cl3N6O2P2. The van der Waals surface area contributed by atoms with Gasteiger partial charge in [0.2, 0.25) is 10.6 Å². The summed E-state index contributed by atoms with van der Waals surface area (Å²) in [4.78, 5) is 15.3. The van der Waals surface area contributed by atoms with Gasteiger partial charge >= 0.3 is 0 Å². The Kier molecular flexibility index (Phi) is 11.8. The second kappa shape index (κ2) is 14.1. The molecule has 2 aromatic heterocycles. The summed E-state index contributed by atoms with van der Waals surface area (Å²) < 4.78 is 23.8. The zero-order chi connectivity index (χ0) is 28.5. The Bertz CT molecular complexity index is 1460. The van der Waals surface area contributed by atoms with E-state index < -0.39 is 14.3 Å². The number of hydrogen-bond acceptors (Lipinski definition) is 8. The number of rotatable bonds is 4. The molecule has 0 saturated carbocycles. The van der Waals surface area contributed by atoms with E-state index in [1.165, 1.54) is 6.20 Å². The highest BCUT2D eigenvalue weighted by Gasteiger charge is 2.16. The Morgan fingerprint density at radius 3 is 1.82 bits per heavy atom. The predicted molar refractivity (Wildman–Crippen MR) is 163 cm³/mol. The minimum Gasteiger partial charge on any atom is -0.398 e. The standard InChI is InChI=1S/C13H15ClN3OP.C8H12NOP.C4H2Cl2N2/c1-9-8-15-13(14)17-12(9)16-10-6-4-5-7-11(10)19(2,3)18;1-11(2,10)8-6-4-3-5-7(8)9;5-3-1-2-7-4(6)8-3/h4-8H,1-3H3,(H,15,16,17);3-6H,9H2,1-2H3;1-2H. The molecule has 0 amide bonds. The molecule has 13 heteroatoms. The molecule has 0 aliphatic rings. The molecule has 4 aromatic rings. The van der Waals surface area contributed by atoms with Crippen molar-refractivity contribution in [1.29, 1.82) is 0 Å². The van der Waals surface area contributed by atoms with Crippen molar-refractivity contribution in [2.75, 3.05) is 37.7 Å². The fourth-order valence-electron chi connectivity index (χ4n) is 3.02. The summed E-state index contributed by atoms with van der Waals surface area (Å²) in [6.45, 7) is 8.82. The second-order valence-corrected chi connectivity index (χ2v) is 16.2. The number of aromatic nitrogens is 4. The van der Waals surface area contributed by atoms with Crippen LogP contribution in [-0.4, -0.2) is 46.6 Å². The van der Waals surface area contributed by atoms with E-state index >= 15 is 0 Å². The molecule has 0 aliphatic carbocycles. The first-order valence-corrected chi connectivity index (χ1v) is 17.5. The number of nitrogens with two attached hydrogens (primary N) is 1. The lowest BCUT2D eigenvalue weighted by molar-refractivity contribution is 0.587. The minimum atomic E-state index is -2.36. The zero-order valence-electron chi connectivity index (χ0n) is 21.6. The molecule has 0 radical (unpaired) electrons. The van der Waals surface area contributed by atoms with Gasteiger partial charge in [0.25, 0.3) is 0 Å². The monoisotopic (exact) mass is 612 g/mol. The number of nitrogens with one attached hydrogen (secondary N) is 1. The maximum absolute atomic E-state index is 12.3. The summed E-state index contributed by atoms with van der Waals surface area (Å²) in [6, 6.07) is 16.4. The lowest BCUT2D eigenvalue weighted by Crippen LogP contribution is -2.10. The number of anilines is 3. The van der Waals surface area contributed by atoms with E-state index in [0.717, 1.165) is 21.9 Å². The normalized spacial score (nSPS) is 10.9. The summed E-state index contributed by atoms with van der Waals surface area (Å²) in [6.07, 6.45) is 3.15. The predicted octanol–water partition coefficient (Wildman–Crippen LogP) is 6.73. The lowest BCUT2D eigenvalue weighted by atomic mass is 10.3. The molecule has 0 saturated heterocycles. The van der Waals surface area contributed by atoms with Crippen LogP contribution in [0.25, 0.3) is 0 Å². The van der Waals surface area contributed by atoms with Gasteiger partial charge in [-0.05, 0) is 87.1 Å². The molecule has 0 fully saturated rings. The number of benzene rings is 2. The van der Waals surface area contributed by atoms with Gasteiger partial charge in [-0.3, -0.25) is 0 Å². The van der Waals surface area contributed by atoms with Crippen molar-refractivity contribution in [3.63, 3.8) is 0 Å². The van der Waals surface area contributed by atoms with Crippen LogP contribution in [0.1, 0.15) is 5.56 Å². The third-order valence-electron chi connectivity index (χ3n) is 4.79. The molecule has 2 heterocycles. The molecule has 0 spiro atoms.